The molecule has 0 spiro atoms. The molecular formula is C43H70N10O20. The lowest BCUT2D eigenvalue weighted by Gasteiger charge is -2.48. The molecule has 4 heterocycles. The van der Waals surface area contributed by atoms with E-state index in [0.717, 1.165) is 20.8 Å². The number of primary amides is 1. The second kappa shape index (κ2) is 27.0. The van der Waals surface area contributed by atoms with Crippen molar-refractivity contribution in [2.75, 3.05) is 39.5 Å². The monoisotopic (exact) mass is 1050 g/mol. The first-order chi connectivity index (χ1) is 34.3. The smallest absolute Gasteiger partial charge is 0.246 e. The summed E-state index contributed by atoms with van der Waals surface area (Å²) in [6.07, 6.45) is -14.3. The van der Waals surface area contributed by atoms with Crippen molar-refractivity contribution in [3.63, 3.8) is 0 Å². The number of carbonyl (C=O) groups excluding carboxylic acids is 10. The summed E-state index contributed by atoms with van der Waals surface area (Å²) in [6, 6.07) is -11.4. The zero-order chi connectivity index (χ0) is 54.6. The summed E-state index contributed by atoms with van der Waals surface area (Å²) in [7, 11) is 0. The van der Waals surface area contributed by atoms with Crippen molar-refractivity contribution < 1.29 is 97.5 Å². The number of aliphatic hydroxyl groups excluding tert-OH is 6. The fraction of sp³-hybridized carbons (Fsp3) is 0.767. The molecule has 73 heavy (non-hydrogen) atoms. The van der Waals surface area contributed by atoms with Gasteiger partial charge in [-0.25, -0.2) is 0 Å². The maximum atomic E-state index is 14.4. The Morgan fingerprint density at radius 3 is 1.82 bits per heavy atom. The highest BCUT2D eigenvalue weighted by molar-refractivity contribution is 5.97. The predicted molar refractivity (Wildman–Crippen MR) is 244 cm³/mol. The van der Waals surface area contributed by atoms with E-state index in [1.807, 2.05) is 0 Å². The molecular weight excluding hydrogens is 977 g/mol. The Balaban J connectivity index is 1.64. The van der Waals surface area contributed by atoms with E-state index in [9.17, 15) is 78.6 Å². The van der Waals surface area contributed by atoms with Gasteiger partial charge in [0.1, 0.15) is 85.0 Å². The number of nitrogens with two attached hydrogens (primary N) is 1. The number of carbonyl (C=O) groups is 10. The van der Waals surface area contributed by atoms with Crippen LogP contribution >= 0.6 is 0 Å². The van der Waals surface area contributed by atoms with E-state index < -0.39 is 189 Å². The molecule has 4 aliphatic heterocycles. The minimum Gasteiger partial charge on any atom is -0.394 e. The van der Waals surface area contributed by atoms with Crippen molar-refractivity contribution in [1.82, 2.24) is 47.0 Å². The summed E-state index contributed by atoms with van der Waals surface area (Å²) in [6.45, 7) is 3.94. The largest absolute Gasteiger partial charge is 0.394 e. The van der Waals surface area contributed by atoms with Gasteiger partial charge in [-0.05, 0) is 46.5 Å². The van der Waals surface area contributed by atoms with Crippen LogP contribution in [0.25, 0.3) is 0 Å². The molecule has 412 valence electrons. The van der Waals surface area contributed by atoms with Gasteiger partial charge in [0.25, 0.3) is 0 Å². The van der Waals surface area contributed by atoms with Gasteiger partial charge in [-0.3, -0.25) is 47.9 Å². The third-order valence-corrected chi connectivity index (χ3v) is 12.7. The maximum absolute atomic E-state index is 14.4. The molecule has 0 saturated carbocycles. The number of amides is 10. The first kappa shape index (κ1) is 59.9. The molecule has 0 radical (unpaired) electrons. The first-order valence-corrected chi connectivity index (χ1v) is 23.7. The van der Waals surface area contributed by atoms with Gasteiger partial charge < -0.3 is 102 Å². The minimum absolute atomic E-state index is 0.0667. The van der Waals surface area contributed by atoms with Gasteiger partial charge in [0.05, 0.1) is 32.5 Å². The van der Waals surface area contributed by atoms with Crippen LogP contribution in [0.1, 0.15) is 67.2 Å². The zero-order valence-corrected chi connectivity index (χ0v) is 41.3. The van der Waals surface area contributed by atoms with Crippen LogP contribution in [0.4, 0.5) is 0 Å². The molecule has 4 fully saturated rings. The van der Waals surface area contributed by atoms with E-state index >= 15 is 0 Å². The topological polar surface area (TPSA) is 446 Å². The highest BCUT2D eigenvalue weighted by Crippen LogP contribution is 2.31. The minimum atomic E-state index is -1.92. The van der Waals surface area contributed by atoms with Gasteiger partial charge in [-0.15, -0.1) is 0 Å². The molecule has 0 aromatic carbocycles. The van der Waals surface area contributed by atoms with Crippen LogP contribution in [0.2, 0.25) is 0 Å². The van der Waals surface area contributed by atoms with Crippen molar-refractivity contribution in [1.29, 1.82) is 0 Å². The van der Waals surface area contributed by atoms with Gasteiger partial charge >= 0.3 is 0 Å². The molecule has 0 bridgehead atoms. The standard InChI is InChI=1S/C43H70N10O20/c1-17(36(44)64)46-38(66)24-9-7-11-52(24)41(69)25-10-8-12-53(25)40(68)18(2)47-39(67)29(51-37(65)23(14-54)50-28(60)13-45-20(4)57)19(3)70-43-31(49-22(6)59)35(33(62)27(16-56)72-43)73-42-30(48-21(5)58)34(63)32(61)26(15-55)71-42/h17-19,23-27,29-35,42-43,54-56,61-63H,7-16H2,1-6H3,(H2,44,64)(H,45,57)(H,46,66)(H,47,67)(H,48,58)(H,49,59)(H,50,60)(H,51,65)/t17?,18?,19?,23?,24?,25?,26?,27?,29?,30?,31?,32-,33-,34+,35+,42-,43+/m0/s1. The fourth-order valence-electron chi connectivity index (χ4n) is 8.84. The molecule has 30 heteroatoms. The Labute approximate surface area is 419 Å². The first-order valence-electron chi connectivity index (χ1n) is 23.7. The lowest BCUT2D eigenvalue weighted by molar-refractivity contribution is -0.332. The number of rotatable bonds is 22. The summed E-state index contributed by atoms with van der Waals surface area (Å²) in [5, 5.41) is 80.0. The van der Waals surface area contributed by atoms with E-state index in [1.165, 1.54) is 30.6 Å². The van der Waals surface area contributed by atoms with E-state index in [-0.39, 0.29) is 25.9 Å². The van der Waals surface area contributed by atoms with E-state index in [2.05, 4.69) is 37.2 Å². The molecule has 0 aromatic rings. The third kappa shape index (κ3) is 15.4. The van der Waals surface area contributed by atoms with Gasteiger partial charge in [0, 0.05) is 33.9 Å². The second-order valence-electron chi connectivity index (χ2n) is 18.3. The van der Waals surface area contributed by atoms with E-state index in [0.29, 0.717) is 12.8 Å². The fourth-order valence-corrected chi connectivity index (χ4v) is 8.84. The summed E-state index contributed by atoms with van der Waals surface area (Å²) in [5.41, 5.74) is 5.30. The number of hydrogen-bond acceptors (Lipinski definition) is 20. The molecule has 11 unspecified atom stereocenters. The molecule has 4 rings (SSSR count). The number of nitrogens with one attached hydrogen (secondary N) is 7. The number of nitrogens with zero attached hydrogens (tertiary/aromatic N) is 2. The quantitative estimate of drug-likeness (QED) is 0.0479. The molecule has 15 N–H and O–H groups in total. The van der Waals surface area contributed by atoms with Gasteiger partial charge in [0.2, 0.25) is 59.1 Å². The SMILES string of the molecule is CC(=O)NCC(=O)NC(CO)C(=O)NC(C(=O)NC(C)C(=O)N1CCCC1C(=O)N1CCCC1C(=O)NC(C)C(N)=O)C(C)O[C@@H]1OC(CO)[C@H](O)[C@H](O[C@@H]2OC(CO)[C@H](O)[C@H](O)C2NC(C)=O)C1NC(C)=O. The Kier molecular flexibility index (Phi) is 22.2. The number of aliphatic hydroxyl groups is 6. The lowest BCUT2D eigenvalue weighted by atomic mass is 9.94. The predicted octanol–water partition coefficient (Wildman–Crippen LogP) is -9.12. The lowest BCUT2D eigenvalue weighted by Crippen LogP contribution is -2.70. The normalized spacial score (nSPS) is 30.1. The molecule has 17 atom stereocenters. The molecule has 4 aliphatic rings. The summed E-state index contributed by atoms with van der Waals surface area (Å²) in [4.78, 5) is 133. The van der Waals surface area contributed by atoms with Crippen molar-refractivity contribution >= 4 is 59.1 Å². The highest BCUT2D eigenvalue weighted by Gasteiger charge is 2.53. The second-order valence-corrected chi connectivity index (χ2v) is 18.3. The number of likely N-dealkylation sites (tertiary alicyclic amines) is 2. The molecule has 4 saturated heterocycles. The van der Waals surface area contributed by atoms with Crippen LogP contribution in [-0.2, 0) is 66.9 Å². The van der Waals surface area contributed by atoms with Crippen LogP contribution < -0.4 is 43.0 Å². The van der Waals surface area contributed by atoms with Crippen molar-refractivity contribution in [2.45, 2.75) is 171 Å². The van der Waals surface area contributed by atoms with Gasteiger partial charge in [-0.1, -0.05) is 0 Å². The summed E-state index contributed by atoms with van der Waals surface area (Å²) < 4.78 is 23.8. The molecule has 0 aromatic heterocycles. The molecule has 10 amide bonds. The number of hydrogen-bond donors (Lipinski definition) is 14. The highest BCUT2D eigenvalue weighted by atomic mass is 16.7. The van der Waals surface area contributed by atoms with Gasteiger partial charge in [-0.2, -0.15) is 0 Å². The van der Waals surface area contributed by atoms with E-state index in [4.69, 9.17) is 24.7 Å². The molecule has 30 nitrogen and oxygen atoms in total. The summed E-state index contributed by atoms with van der Waals surface area (Å²) >= 11 is 0. The Morgan fingerprint density at radius 2 is 1.25 bits per heavy atom. The van der Waals surface area contributed by atoms with Crippen molar-refractivity contribution in [2.24, 2.45) is 5.73 Å². The van der Waals surface area contributed by atoms with Crippen LogP contribution in [0, 0.1) is 0 Å². The van der Waals surface area contributed by atoms with Crippen LogP contribution in [0.15, 0.2) is 0 Å². The number of ether oxygens (including phenoxy) is 4. The average Bonchev–Trinajstić information content (AvgIpc) is 4.04. The zero-order valence-electron chi connectivity index (χ0n) is 41.3. The summed E-state index contributed by atoms with van der Waals surface area (Å²) in [5.74, 6) is -8.06. The van der Waals surface area contributed by atoms with Crippen LogP contribution in [0.3, 0.4) is 0 Å². The van der Waals surface area contributed by atoms with Crippen LogP contribution in [-0.4, -0.2) is 243 Å². The van der Waals surface area contributed by atoms with Crippen molar-refractivity contribution in [3.05, 3.63) is 0 Å². The maximum Gasteiger partial charge on any atom is 0.246 e. The Bertz CT molecular complexity index is 2020. The Hall–Kier alpha value is -5.70. The van der Waals surface area contributed by atoms with E-state index in [1.54, 1.807) is 0 Å². The van der Waals surface area contributed by atoms with Gasteiger partial charge in [0.15, 0.2) is 12.6 Å². The van der Waals surface area contributed by atoms with Crippen LogP contribution in [0.5, 0.6) is 0 Å². The third-order valence-electron chi connectivity index (χ3n) is 12.7. The Morgan fingerprint density at radius 1 is 0.671 bits per heavy atom. The average molecular weight is 1050 g/mol. The molecule has 0 aliphatic carbocycles. The van der Waals surface area contributed by atoms with Crippen molar-refractivity contribution in [3.8, 4) is 0 Å².